The third kappa shape index (κ3) is 5.24. The van der Waals surface area contributed by atoms with Gasteiger partial charge in [-0.1, -0.05) is 24.3 Å². The summed E-state index contributed by atoms with van der Waals surface area (Å²) in [4.78, 5) is 21.0. The maximum Gasteiger partial charge on any atom is 0.252 e. The van der Waals surface area contributed by atoms with E-state index in [2.05, 4.69) is 21.4 Å². The maximum absolute atomic E-state index is 12.3. The van der Waals surface area contributed by atoms with Gasteiger partial charge in [-0.3, -0.25) is 14.8 Å². The minimum Gasteiger partial charge on any atom is -0.377 e. The SMILES string of the molecule is COC(C)c1cccc(-c2ccc(C(=O)NCCCc3ccccn3)cn2)c1. The molecule has 1 atom stereocenters. The quantitative estimate of drug-likeness (QED) is 0.599. The zero-order chi connectivity index (χ0) is 19.8. The molecule has 0 bridgehead atoms. The fourth-order valence-corrected chi connectivity index (χ4v) is 2.91. The molecule has 1 amide bonds. The first-order valence-electron chi connectivity index (χ1n) is 9.44. The van der Waals surface area contributed by atoms with Gasteiger partial charge in [0.2, 0.25) is 0 Å². The first-order valence-corrected chi connectivity index (χ1v) is 9.44. The Balaban J connectivity index is 1.55. The molecule has 0 saturated heterocycles. The van der Waals surface area contributed by atoms with Gasteiger partial charge >= 0.3 is 0 Å². The number of pyridine rings is 2. The van der Waals surface area contributed by atoms with Gasteiger partial charge in [0, 0.05) is 37.3 Å². The van der Waals surface area contributed by atoms with Crippen molar-refractivity contribution in [1.29, 1.82) is 0 Å². The number of aryl methyl sites for hydroxylation is 1. The van der Waals surface area contributed by atoms with Crippen molar-refractivity contribution in [2.24, 2.45) is 0 Å². The van der Waals surface area contributed by atoms with E-state index in [-0.39, 0.29) is 12.0 Å². The third-order valence-corrected chi connectivity index (χ3v) is 4.65. The number of nitrogens with zero attached hydrogens (tertiary/aromatic N) is 2. The Morgan fingerprint density at radius 3 is 2.71 bits per heavy atom. The number of hydrogen-bond acceptors (Lipinski definition) is 4. The highest BCUT2D eigenvalue weighted by Crippen LogP contribution is 2.23. The minimum absolute atomic E-state index is 0.0242. The number of nitrogens with one attached hydrogen (secondary N) is 1. The van der Waals surface area contributed by atoms with Gasteiger partial charge in [0.15, 0.2) is 0 Å². The first-order chi connectivity index (χ1) is 13.7. The average molecular weight is 375 g/mol. The lowest BCUT2D eigenvalue weighted by atomic mass is 10.0. The summed E-state index contributed by atoms with van der Waals surface area (Å²) >= 11 is 0. The second kappa shape index (κ2) is 9.76. The summed E-state index contributed by atoms with van der Waals surface area (Å²) in [5.74, 6) is -0.109. The van der Waals surface area contributed by atoms with Crippen molar-refractivity contribution in [3.05, 3.63) is 83.8 Å². The molecule has 0 spiro atoms. The summed E-state index contributed by atoms with van der Waals surface area (Å²) in [6.45, 7) is 2.61. The number of rotatable bonds is 8. The van der Waals surface area contributed by atoms with E-state index in [0.717, 1.165) is 35.4 Å². The molecule has 1 aromatic carbocycles. The van der Waals surface area contributed by atoms with E-state index in [9.17, 15) is 4.79 Å². The maximum atomic E-state index is 12.3. The molecule has 0 fully saturated rings. The van der Waals surface area contributed by atoms with Crippen molar-refractivity contribution in [3.63, 3.8) is 0 Å². The van der Waals surface area contributed by atoms with E-state index in [1.807, 2.05) is 55.5 Å². The second-order valence-corrected chi connectivity index (χ2v) is 6.62. The van der Waals surface area contributed by atoms with Crippen molar-refractivity contribution in [3.8, 4) is 11.3 Å². The Morgan fingerprint density at radius 2 is 2.00 bits per heavy atom. The van der Waals surface area contributed by atoms with Crippen LogP contribution >= 0.6 is 0 Å². The van der Waals surface area contributed by atoms with Crippen molar-refractivity contribution in [2.75, 3.05) is 13.7 Å². The number of benzene rings is 1. The zero-order valence-electron chi connectivity index (χ0n) is 16.3. The van der Waals surface area contributed by atoms with Gasteiger partial charge < -0.3 is 10.1 Å². The molecule has 0 aliphatic heterocycles. The second-order valence-electron chi connectivity index (χ2n) is 6.62. The fourth-order valence-electron chi connectivity index (χ4n) is 2.91. The van der Waals surface area contributed by atoms with Gasteiger partial charge in [-0.15, -0.1) is 0 Å². The van der Waals surface area contributed by atoms with Crippen LogP contribution in [0.15, 0.2) is 67.0 Å². The summed E-state index contributed by atoms with van der Waals surface area (Å²) in [7, 11) is 1.69. The van der Waals surface area contributed by atoms with Crippen LogP contribution in [0.1, 0.15) is 41.1 Å². The van der Waals surface area contributed by atoms with E-state index in [1.165, 1.54) is 0 Å². The Kier molecular flexibility index (Phi) is 6.87. The van der Waals surface area contributed by atoms with Crippen LogP contribution < -0.4 is 5.32 Å². The monoisotopic (exact) mass is 375 g/mol. The highest BCUT2D eigenvalue weighted by molar-refractivity contribution is 5.94. The standard InChI is InChI=1S/C23H25N3O2/c1-17(28-2)18-7-5-8-19(15-18)22-12-11-20(16-26-22)23(27)25-14-6-10-21-9-3-4-13-24-21/h3-5,7-9,11-13,15-17H,6,10,14H2,1-2H3,(H,25,27). The Labute approximate surface area is 165 Å². The smallest absolute Gasteiger partial charge is 0.252 e. The van der Waals surface area contributed by atoms with E-state index in [0.29, 0.717) is 12.1 Å². The molecule has 2 aromatic heterocycles. The van der Waals surface area contributed by atoms with Crippen LogP contribution in [0, 0.1) is 0 Å². The molecule has 0 aliphatic carbocycles. The summed E-state index contributed by atoms with van der Waals surface area (Å²) in [6, 6.07) is 17.6. The first kappa shape index (κ1) is 19.7. The highest BCUT2D eigenvalue weighted by atomic mass is 16.5. The molecule has 0 aliphatic rings. The number of carbonyl (C=O) groups is 1. The summed E-state index contributed by atoms with van der Waals surface area (Å²) in [5.41, 5.74) is 4.52. The van der Waals surface area contributed by atoms with Crippen LogP contribution in [0.4, 0.5) is 0 Å². The Hall–Kier alpha value is -3.05. The molecule has 28 heavy (non-hydrogen) atoms. The zero-order valence-corrected chi connectivity index (χ0v) is 16.3. The third-order valence-electron chi connectivity index (χ3n) is 4.65. The number of amides is 1. The lowest BCUT2D eigenvalue weighted by Gasteiger charge is -2.11. The summed E-state index contributed by atoms with van der Waals surface area (Å²) in [6.07, 6.45) is 5.12. The molecular formula is C23H25N3O2. The predicted molar refractivity (Wildman–Crippen MR) is 110 cm³/mol. The van der Waals surface area contributed by atoms with Crippen molar-refractivity contribution in [2.45, 2.75) is 25.9 Å². The number of ether oxygens (including phenoxy) is 1. The predicted octanol–water partition coefficient (Wildman–Crippen LogP) is 4.21. The number of carbonyl (C=O) groups excluding carboxylic acids is 1. The average Bonchev–Trinajstić information content (AvgIpc) is 2.77. The van der Waals surface area contributed by atoms with Crippen molar-refractivity contribution >= 4 is 5.91 Å². The number of hydrogen-bond donors (Lipinski definition) is 1. The molecule has 144 valence electrons. The molecule has 2 heterocycles. The molecule has 1 unspecified atom stereocenters. The Bertz CT molecular complexity index is 895. The van der Waals surface area contributed by atoms with Gasteiger partial charge in [-0.25, -0.2) is 0 Å². The van der Waals surface area contributed by atoms with Crippen LogP contribution in [0.25, 0.3) is 11.3 Å². The molecule has 3 rings (SSSR count). The summed E-state index contributed by atoms with van der Waals surface area (Å²) < 4.78 is 5.38. The van der Waals surface area contributed by atoms with Crippen LogP contribution in [-0.4, -0.2) is 29.5 Å². The fraction of sp³-hybridized carbons (Fsp3) is 0.261. The lowest BCUT2D eigenvalue weighted by Crippen LogP contribution is -2.24. The van der Waals surface area contributed by atoms with Gasteiger partial charge in [0.25, 0.3) is 5.91 Å². The molecule has 5 nitrogen and oxygen atoms in total. The van der Waals surface area contributed by atoms with E-state index in [1.54, 1.807) is 19.5 Å². The van der Waals surface area contributed by atoms with Gasteiger partial charge in [-0.05, 0) is 55.7 Å². The van der Waals surface area contributed by atoms with Crippen molar-refractivity contribution in [1.82, 2.24) is 15.3 Å². The molecule has 1 N–H and O–H groups in total. The van der Waals surface area contributed by atoms with Crippen LogP contribution in [0.3, 0.4) is 0 Å². The lowest BCUT2D eigenvalue weighted by molar-refractivity contribution is 0.0953. The Morgan fingerprint density at radius 1 is 1.11 bits per heavy atom. The molecule has 3 aromatic rings. The number of aromatic nitrogens is 2. The van der Waals surface area contributed by atoms with Crippen LogP contribution in [0.5, 0.6) is 0 Å². The normalized spacial score (nSPS) is 11.8. The topological polar surface area (TPSA) is 64.1 Å². The number of methoxy groups -OCH3 is 1. The summed E-state index contributed by atoms with van der Waals surface area (Å²) in [5, 5.41) is 2.94. The van der Waals surface area contributed by atoms with Crippen LogP contribution in [-0.2, 0) is 11.2 Å². The van der Waals surface area contributed by atoms with Gasteiger partial charge in [0.1, 0.15) is 0 Å². The molecule has 5 heteroatoms. The van der Waals surface area contributed by atoms with Gasteiger partial charge in [-0.2, -0.15) is 0 Å². The molecule has 0 saturated carbocycles. The van der Waals surface area contributed by atoms with Gasteiger partial charge in [0.05, 0.1) is 17.4 Å². The molecular weight excluding hydrogens is 350 g/mol. The highest BCUT2D eigenvalue weighted by Gasteiger charge is 2.09. The van der Waals surface area contributed by atoms with E-state index >= 15 is 0 Å². The largest absolute Gasteiger partial charge is 0.377 e. The van der Waals surface area contributed by atoms with Crippen LogP contribution in [0.2, 0.25) is 0 Å². The van der Waals surface area contributed by atoms with E-state index < -0.39 is 0 Å². The van der Waals surface area contributed by atoms with Crippen molar-refractivity contribution < 1.29 is 9.53 Å². The molecule has 0 radical (unpaired) electrons. The minimum atomic E-state index is -0.109. The van der Waals surface area contributed by atoms with E-state index in [4.69, 9.17) is 4.74 Å².